The largest absolute Gasteiger partial charge is 0.343 e. The fourth-order valence-electron chi connectivity index (χ4n) is 1.19. The molecule has 86 valence electrons. The average molecular weight is 247 g/mol. The van der Waals surface area contributed by atoms with Gasteiger partial charge in [-0.15, -0.1) is 5.10 Å². The Morgan fingerprint density at radius 2 is 2.13 bits per heavy atom. The normalized spacial score (nSPS) is 10.8. The number of hydrogen-bond donors (Lipinski definition) is 2. The molecule has 0 aliphatic heterocycles. The van der Waals surface area contributed by atoms with Crippen LogP contribution in [-0.4, -0.2) is 26.3 Å². The monoisotopic (exact) mass is 247 g/mol. The molecule has 1 aromatic rings. The van der Waals surface area contributed by atoms with Crippen molar-refractivity contribution in [1.29, 1.82) is 0 Å². The highest BCUT2D eigenvalue weighted by Gasteiger charge is 2.03. The number of hydrogen-bond acceptors (Lipinski definition) is 4. The lowest BCUT2D eigenvalue weighted by molar-refractivity contribution is 0.709. The van der Waals surface area contributed by atoms with Crippen LogP contribution in [0.1, 0.15) is 25.7 Å². The summed E-state index contributed by atoms with van der Waals surface area (Å²) in [6.07, 6.45) is 4.82. The lowest BCUT2D eigenvalue weighted by Gasteiger charge is -1.99. The third-order valence-corrected chi connectivity index (χ3v) is 3.55. The summed E-state index contributed by atoms with van der Waals surface area (Å²) in [5, 5.41) is 7.12. The van der Waals surface area contributed by atoms with Gasteiger partial charge < -0.3 is 0 Å². The highest BCUT2D eigenvalue weighted by molar-refractivity contribution is 7.99. The summed E-state index contributed by atoms with van der Waals surface area (Å²) in [5.74, 6) is 1.99. The minimum Gasteiger partial charge on any atom is -0.273 e. The Morgan fingerprint density at radius 3 is 2.73 bits per heavy atom. The molecule has 0 radical (unpaired) electrons. The molecular weight excluding hydrogens is 230 g/mol. The second-order valence-corrected chi connectivity index (χ2v) is 4.87. The summed E-state index contributed by atoms with van der Waals surface area (Å²) in [6.45, 7) is 0. The van der Waals surface area contributed by atoms with E-state index in [0.29, 0.717) is 0 Å². The Hall–Kier alpha value is -0.360. The van der Waals surface area contributed by atoms with Crippen molar-refractivity contribution < 1.29 is 0 Å². The molecule has 0 bridgehead atoms. The lowest BCUT2D eigenvalue weighted by atomic mass is 10.2. The Bertz CT molecular complexity index is 334. The fraction of sp³-hybridized carbons (Fsp3) is 0.778. The molecule has 0 saturated carbocycles. The number of aromatic nitrogens is 3. The summed E-state index contributed by atoms with van der Waals surface area (Å²) in [7, 11) is 1.73. The van der Waals surface area contributed by atoms with Crippen molar-refractivity contribution in [1.82, 2.24) is 14.8 Å². The molecule has 0 saturated heterocycles. The maximum Gasteiger partial charge on any atom is 0.343 e. The van der Waals surface area contributed by atoms with Crippen LogP contribution in [0.5, 0.6) is 0 Å². The van der Waals surface area contributed by atoms with E-state index < -0.39 is 0 Å². The third-order valence-electron chi connectivity index (χ3n) is 2.12. The standard InChI is InChI=1S/C9H17N3OS2/c1-12-8(13)10-11-9(12)15-7-5-3-2-4-6-14/h14H,2-7H2,1H3,(H,10,13). The molecular formula is C9H17N3OS2. The molecule has 1 N–H and O–H groups in total. The third kappa shape index (κ3) is 4.34. The first kappa shape index (κ1) is 12.7. The van der Waals surface area contributed by atoms with E-state index in [1.54, 1.807) is 23.4 Å². The fourth-order valence-corrected chi connectivity index (χ4v) is 2.33. The van der Waals surface area contributed by atoms with Crippen LogP contribution in [0.4, 0.5) is 0 Å². The van der Waals surface area contributed by atoms with Gasteiger partial charge in [0.1, 0.15) is 0 Å². The van der Waals surface area contributed by atoms with Crippen LogP contribution in [0.3, 0.4) is 0 Å². The molecule has 0 amide bonds. The van der Waals surface area contributed by atoms with Crippen LogP contribution in [-0.2, 0) is 7.05 Å². The molecule has 0 aliphatic rings. The van der Waals surface area contributed by atoms with Crippen molar-refractivity contribution in [2.24, 2.45) is 7.05 Å². The zero-order valence-electron chi connectivity index (χ0n) is 8.90. The van der Waals surface area contributed by atoms with Gasteiger partial charge in [-0.2, -0.15) is 12.6 Å². The summed E-state index contributed by atoms with van der Waals surface area (Å²) in [4.78, 5) is 11.0. The lowest BCUT2D eigenvalue weighted by Crippen LogP contribution is -2.12. The molecule has 1 heterocycles. The van der Waals surface area contributed by atoms with E-state index in [1.807, 2.05) is 0 Å². The summed E-state index contributed by atoms with van der Waals surface area (Å²) >= 11 is 5.79. The number of nitrogens with one attached hydrogen (secondary N) is 1. The van der Waals surface area contributed by atoms with E-state index in [1.165, 1.54) is 25.7 Å². The maximum atomic E-state index is 11.0. The van der Waals surface area contributed by atoms with Gasteiger partial charge in [-0.1, -0.05) is 24.6 Å². The van der Waals surface area contributed by atoms with Gasteiger partial charge in [-0.05, 0) is 18.6 Å². The van der Waals surface area contributed by atoms with Crippen molar-refractivity contribution in [3.8, 4) is 0 Å². The van der Waals surface area contributed by atoms with E-state index in [2.05, 4.69) is 22.8 Å². The molecule has 0 fully saturated rings. The second-order valence-electron chi connectivity index (χ2n) is 3.36. The van der Waals surface area contributed by atoms with Crippen LogP contribution in [0, 0.1) is 0 Å². The highest BCUT2D eigenvalue weighted by atomic mass is 32.2. The first-order chi connectivity index (χ1) is 7.25. The second kappa shape index (κ2) is 7.00. The zero-order chi connectivity index (χ0) is 11.1. The molecule has 0 atom stereocenters. The molecule has 1 aromatic heterocycles. The van der Waals surface area contributed by atoms with Gasteiger partial charge in [-0.25, -0.2) is 9.89 Å². The van der Waals surface area contributed by atoms with Crippen LogP contribution in [0.25, 0.3) is 0 Å². The minimum absolute atomic E-state index is 0.146. The molecule has 0 unspecified atom stereocenters. The van der Waals surface area contributed by atoms with Crippen molar-refractivity contribution in [3.05, 3.63) is 10.5 Å². The van der Waals surface area contributed by atoms with E-state index >= 15 is 0 Å². The summed E-state index contributed by atoms with van der Waals surface area (Å²) < 4.78 is 1.54. The van der Waals surface area contributed by atoms with Crippen LogP contribution in [0.15, 0.2) is 9.95 Å². The van der Waals surface area contributed by atoms with Gasteiger partial charge in [0.25, 0.3) is 0 Å². The van der Waals surface area contributed by atoms with E-state index in [9.17, 15) is 4.79 Å². The predicted octanol–water partition coefficient (Wildman–Crippen LogP) is 1.69. The number of thiol groups is 1. The number of H-pyrrole nitrogens is 1. The molecule has 0 aliphatic carbocycles. The van der Waals surface area contributed by atoms with E-state index in [-0.39, 0.29) is 5.69 Å². The van der Waals surface area contributed by atoms with Gasteiger partial charge in [-0.3, -0.25) is 4.57 Å². The van der Waals surface area contributed by atoms with Gasteiger partial charge in [0.05, 0.1) is 0 Å². The SMILES string of the molecule is Cn1c(SCCCCCCS)n[nH]c1=O. The van der Waals surface area contributed by atoms with Gasteiger partial charge in [0.2, 0.25) is 0 Å². The zero-order valence-corrected chi connectivity index (χ0v) is 10.6. The van der Waals surface area contributed by atoms with Crippen molar-refractivity contribution in [2.75, 3.05) is 11.5 Å². The van der Waals surface area contributed by atoms with Gasteiger partial charge >= 0.3 is 5.69 Å². The summed E-state index contributed by atoms with van der Waals surface area (Å²) in [6, 6.07) is 0. The van der Waals surface area contributed by atoms with Crippen LogP contribution in [0.2, 0.25) is 0 Å². The molecule has 0 spiro atoms. The van der Waals surface area contributed by atoms with E-state index in [0.717, 1.165) is 16.7 Å². The predicted molar refractivity (Wildman–Crippen MR) is 66.9 cm³/mol. The highest BCUT2D eigenvalue weighted by Crippen LogP contribution is 2.14. The first-order valence-electron chi connectivity index (χ1n) is 5.10. The average Bonchev–Trinajstić information content (AvgIpc) is 2.54. The van der Waals surface area contributed by atoms with Crippen molar-refractivity contribution >= 4 is 24.4 Å². The van der Waals surface area contributed by atoms with Crippen LogP contribution >= 0.6 is 24.4 Å². The van der Waals surface area contributed by atoms with Gasteiger partial charge in [0.15, 0.2) is 5.16 Å². The van der Waals surface area contributed by atoms with Crippen molar-refractivity contribution in [2.45, 2.75) is 30.8 Å². The summed E-state index contributed by atoms with van der Waals surface area (Å²) in [5.41, 5.74) is -0.146. The number of nitrogens with zero attached hydrogens (tertiary/aromatic N) is 2. The number of thioether (sulfide) groups is 1. The van der Waals surface area contributed by atoms with E-state index in [4.69, 9.17) is 0 Å². The van der Waals surface area contributed by atoms with Crippen LogP contribution < -0.4 is 5.69 Å². The molecule has 6 heteroatoms. The molecule has 0 aromatic carbocycles. The minimum atomic E-state index is -0.146. The topological polar surface area (TPSA) is 50.7 Å². The number of aromatic amines is 1. The van der Waals surface area contributed by atoms with Gasteiger partial charge in [0, 0.05) is 12.8 Å². The number of rotatable bonds is 7. The molecule has 4 nitrogen and oxygen atoms in total. The quantitative estimate of drug-likeness (QED) is 0.438. The Balaban J connectivity index is 2.15. The van der Waals surface area contributed by atoms with Crippen molar-refractivity contribution in [3.63, 3.8) is 0 Å². The first-order valence-corrected chi connectivity index (χ1v) is 6.72. The molecule has 1 rings (SSSR count). The maximum absolute atomic E-state index is 11.0. The smallest absolute Gasteiger partial charge is 0.273 e. The molecule has 15 heavy (non-hydrogen) atoms. The Morgan fingerprint density at radius 1 is 1.40 bits per heavy atom. The Labute approximate surface area is 99.3 Å². The number of unbranched alkanes of at least 4 members (excludes halogenated alkanes) is 3. The Kier molecular flexibility index (Phi) is 5.93.